The van der Waals surface area contributed by atoms with Gasteiger partial charge in [-0.05, 0) is 0 Å². The molecule has 7 heteroatoms. The normalized spacial score (nSPS) is 15.1. The third-order valence-corrected chi connectivity index (χ3v) is 2.18. The summed E-state index contributed by atoms with van der Waals surface area (Å²) in [5.41, 5.74) is 0. The zero-order valence-electron chi connectivity index (χ0n) is 8.05. The summed E-state index contributed by atoms with van der Waals surface area (Å²) < 4.78 is 1.56. The molecule has 1 saturated heterocycles. The number of carbonyl (C=O) groups excluding carboxylic acids is 1. The van der Waals surface area contributed by atoms with Gasteiger partial charge in [0.2, 0.25) is 0 Å². The predicted molar refractivity (Wildman–Crippen MR) is 49.7 cm³/mol. The van der Waals surface area contributed by atoms with E-state index in [4.69, 9.17) is 5.26 Å². The van der Waals surface area contributed by atoms with Gasteiger partial charge in [0.15, 0.2) is 0 Å². The van der Waals surface area contributed by atoms with Crippen molar-refractivity contribution < 1.29 is 4.79 Å². The van der Waals surface area contributed by atoms with Crippen LogP contribution < -0.4 is 5.32 Å². The fourth-order valence-corrected chi connectivity index (χ4v) is 1.40. The van der Waals surface area contributed by atoms with E-state index in [1.54, 1.807) is 9.58 Å². The Kier molecular flexibility index (Phi) is 2.49. The minimum atomic E-state index is -0.0457. The molecule has 78 valence electrons. The van der Waals surface area contributed by atoms with Crippen molar-refractivity contribution in [2.24, 2.45) is 0 Å². The maximum absolute atomic E-state index is 11.2. The minimum Gasteiger partial charge on any atom is -0.336 e. The van der Waals surface area contributed by atoms with E-state index in [2.05, 4.69) is 15.4 Å². The van der Waals surface area contributed by atoms with Crippen LogP contribution in [-0.4, -0.2) is 45.3 Å². The monoisotopic (exact) mass is 206 g/mol. The average molecular weight is 206 g/mol. The van der Waals surface area contributed by atoms with Gasteiger partial charge in [0.25, 0.3) is 5.82 Å². The number of nitrogens with one attached hydrogen (secondary N) is 1. The molecule has 0 radical (unpaired) electrons. The van der Waals surface area contributed by atoms with Gasteiger partial charge in [-0.2, -0.15) is 5.26 Å². The Hall–Kier alpha value is -2.10. The Labute approximate surface area is 86.3 Å². The number of rotatable bonds is 3. The fourth-order valence-electron chi connectivity index (χ4n) is 1.40. The summed E-state index contributed by atoms with van der Waals surface area (Å²) in [5, 5.41) is 15.1. The number of hydrogen-bond donors (Lipinski definition) is 1. The second kappa shape index (κ2) is 3.96. The average Bonchev–Trinajstić information content (AvgIpc) is 2.84. The molecule has 0 saturated carbocycles. The van der Waals surface area contributed by atoms with Gasteiger partial charge in [0.1, 0.15) is 12.4 Å². The minimum absolute atomic E-state index is 0.0457. The number of hydrogen-bond acceptors (Lipinski definition) is 4. The van der Waals surface area contributed by atoms with E-state index in [0.717, 1.165) is 6.54 Å². The highest BCUT2D eigenvalue weighted by molar-refractivity contribution is 5.76. The van der Waals surface area contributed by atoms with Crippen molar-refractivity contribution in [1.82, 2.24) is 25.0 Å². The predicted octanol–water partition coefficient (Wildman–Crippen LogP) is -0.825. The van der Waals surface area contributed by atoms with Crippen LogP contribution in [0.1, 0.15) is 5.82 Å². The maximum Gasteiger partial charge on any atom is 0.317 e. The Morgan fingerprint density at radius 2 is 2.47 bits per heavy atom. The molecule has 1 aliphatic rings. The maximum atomic E-state index is 11.2. The molecule has 1 N–H and O–H groups in total. The van der Waals surface area contributed by atoms with Crippen LogP contribution in [0.25, 0.3) is 0 Å². The quantitative estimate of drug-likeness (QED) is 0.699. The Bertz CT molecular complexity index is 406. The molecule has 2 heterocycles. The van der Waals surface area contributed by atoms with Crippen molar-refractivity contribution in [3.8, 4) is 6.07 Å². The lowest BCUT2D eigenvalue weighted by atomic mass is 10.5. The lowest BCUT2D eigenvalue weighted by Crippen LogP contribution is -2.31. The lowest BCUT2D eigenvalue weighted by molar-refractivity contribution is 0.215. The summed E-state index contributed by atoms with van der Waals surface area (Å²) in [6, 6.07) is 1.80. The van der Waals surface area contributed by atoms with Crippen LogP contribution in [0, 0.1) is 11.3 Å². The molecule has 0 unspecified atom stereocenters. The highest BCUT2D eigenvalue weighted by Gasteiger charge is 2.18. The van der Waals surface area contributed by atoms with Crippen LogP contribution >= 0.6 is 0 Å². The van der Waals surface area contributed by atoms with Crippen molar-refractivity contribution >= 4 is 6.03 Å². The van der Waals surface area contributed by atoms with Crippen LogP contribution in [0.2, 0.25) is 0 Å². The zero-order valence-corrected chi connectivity index (χ0v) is 8.05. The number of nitriles is 1. The second-order valence-corrected chi connectivity index (χ2v) is 3.16. The van der Waals surface area contributed by atoms with Crippen LogP contribution in [0.5, 0.6) is 0 Å². The third-order valence-electron chi connectivity index (χ3n) is 2.18. The molecule has 15 heavy (non-hydrogen) atoms. The van der Waals surface area contributed by atoms with Gasteiger partial charge in [-0.25, -0.2) is 14.5 Å². The lowest BCUT2D eigenvalue weighted by Gasteiger charge is -2.12. The van der Waals surface area contributed by atoms with Crippen molar-refractivity contribution in [3.63, 3.8) is 0 Å². The van der Waals surface area contributed by atoms with Crippen LogP contribution in [0.15, 0.2) is 6.33 Å². The van der Waals surface area contributed by atoms with Gasteiger partial charge in [-0.3, -0.25) is 0 Å². The number of carbonyl (C=O) groups is 1. The van der Waals surface area contributed by atoms with E-state index >= 15 is 0 Å². The van der Waals surface area contributed by atoms with E-state index in [1.165, 1.54) is 6.33 Å². The first-order chi connectivity index (χ1) is 7.29. The Morgan fingerprint density at radius 3 is 3.07 bits per heavy atom. The fraction of sp³-hybridized carbons (Fsp3) is 0.500. The van der Waals surface area contributed by atoms with E-state index in [-0.39, 0.29) is 11.9 Å². The first kappa shape index (κ1) is 9.45. The summed E-state index contributed by atoms with van der Waals surface area (Å²) in [6.45, 7) is 2.56. The molecule has 1 aromatic heterocycles. The van der Waals surface area contributed by atoms with Gasteiger partial charge >= 0.3 is 6.03 Å². The molecule has 0 bridgehead atoms. The van der Waals surface area contributed by atoms with E-state index in [1.807, 2.05) is 6.07 Å². The van der Waals surface area contributed by atoms with Crippen LogP contribution in [0.4, 0.5) is 4.79 Å². The summed E-state index contributed by atoms with van der Waals surface area (Å²) in [6.07, 6.45) is 1.49. The second-order valence-electron chi connectivity index (χ2n) is 3.16. The summed E-state index contributed by atoms with van der Waals surface area (Å²) in [4.78, 5) is 16.6. The van der Waals surface area contributed by atoms with Crippen LogP contribution in [0.3, 0.4) is 0 Å². The van der Waals surface area contributed by atoms with E-state index in [0.29, 0.717) is 19.6 Å². The Balaban J connectivity index is 1.88. The standard InChI is InChI=1S/C8H10N6O/c9-5-7-11-6-14(12-7)4-3-13-2-1-10-8(13)15/h6H,1-4H2,(H,10,15). The third kappa shape index (κ3) is 2.04. The summed E-state index contributed by atoms with van der Waals surface area (Å²) in [5.74, 6) is 0.154. The van der Waals surface area contributed by atoms with Crippen molar-refractivity contribution in [2.75, 3.05) is 19.6 Å². The van der Waals surface area contributed by atoms with Gasteiger partial charge in [0, 0.05) is 19.6 Å². The molecule has 0 spiro atoms. The SMILES string of the molecule is N#Cc1ncn(CCN2CCNC2=O)n1. The highest BCUT2D eigenvalue weighted by Crippen LogP contribution is 1.97. The van der Waals surface area contributed by atoms with Crippen molar-refractivity contribution in [2.45, 2.75) is 6.54 Å². The molecule has 0 aromatic carbocycles. The molecule has 0 aliphatic carbocycles. The number of amides is 2. The molecular weight excluding hydrogens is 196 g/mol. The van der Waals surface area contributed by atoms with Gasteiger partial charge < -0.3 is 10.2 Å². The molecule has 2 amide bonds. The van der Waals surface area contributed by atoms with Gasteiger partial charge in [-0.1, -0.05) is 0 Å². The zero-order chi connectivity index (χ0) is 10.7. The van der Waals surface area contributed by atoms with Gasteiger partial charge in [0.05, 0.1) is 6.54 Å². The number of nitrogens with zero attached hydrogens (tertiary/aromatic N) is 5. The number of aromatic nitrogens is 3. The largest absolute Gasteiger partial charge is 0.336 e. The topological polar surface area (TPSA) is 86.8 Å². The first-order valence-corrected chi connectivity index (χ1v) is 4.62. The molecular formula is C8H10N6O. The van der Waals surface area contributed by atoms with E-state index < -0.39 is 0 Å². The van der Waals surface area contributed by atoms with Crippen molar-refractivity contribution in [3.05, 3.63) is 12.2 Å². The summed E-state index contributed by atoms with van der Waals surface area (Å²) >= 11 is 0. The van der Waals surface area contributed by atoms with Crippen molar-refractivity contribution in [1.29, 1.82) is 5.26 Å². The molecule has 1 aromatic rings. The molecule has 1 fully saturated rings. The first-order valence-electron chi connectivity index (χ1n) is 4.62. The van der Waals surface area contributed by atoms with Crippen LogP contribution in [-0.2, 0) is 6.54 Å². The molecule has 2 rings (SSSR count). The molecule has 7 nitrogen and oxygen atoms in total. The Morgan fingerprint density at radius 1 is 1.60 bits per heavy atom. The number of urea groups is 1. The smallest absolute Gasteiger partial charge is 0.317 e. The summed E-state index contributed by atoms with van der Waals surface area (Å²) in [7, 11) is 0. The highest BCUT2D eigenvalue weighted by atomic mass is 16.2. The van der Waals surface area contributed by atoms with E-state index in [9.17, 15) is 4.79 Å². The van der Waals surface area contributed by atoms with Gasteiger partial charge in [-0.15, -0.1) is 5.10 Å². The molecule has 0 atom stereocenters. The molecule has 1 aliphatic heterocycles.